The van der Waals surface area contributed by atoms with Crippen molar-refractivity contribution >= 4 is 22.0 Å². The molecule has 0 aliphatic heterocycles. The van der Waals surface area contributed by atoms with Crippen molar-refractivity contribution in [3.63, 3.8) is 0 Å². The molecule has 1 unspecified atom stereocenters. The predicted molar refractivity (Wildman–Crippen MR) is 66.2 cm³/mol. The Labute approximate surface area is 101 Å². The molecule has 0 bridgehead atoms. The number of rotatable bonds is 5. The van der Waals surface area contributed by atoms with Gasteiger partial charge in [0, 0.05) is 0 Å². The first kappa shape index (κ1) is 14.8. The zero-order chi connectivity index (χ0) is 11.9. The van der Waals surface area contributed by atoms with Crippen molar-refractivity contribution in [2.75, 3.05) is 0 Å². The molecule has 0 aliphatic rings. The third kappa shape index (κ3) is 10.0. The van der Waals surface area contributed by atoms with E-state index in [0.29, 0.717) is 0 Å². The largest absolute Gasteiger partial charge is 0.444 e. The Bertz CT molecular complexity index is 190. The van der Waals surface area contributed by atoms with Gasteiger partial charge in [-0.1, -0.05) is 42.1 Å². The quantitative estimate of drug-likeness (QED) is 0.472. The molecule has 0 spiro atoms. The number of hydrogen-bond donors (Lipinski definition) is 1. The monoisotopic (exact) mass is 279 g/mol. The van der Waals surface area contributed by atoms with Gasteiger partial charge in [0.1, 0.15) is 5.60 Å². The minimum Gasteiger partial charge on any atom is -0.444 e. The van der Waals surface area contributed by atoms with Crippen LogP contribution in [0.25, 0.3) is 0 Å². The SMILES string of the molecule is CCCCCC(Br)NC(=O)OC(C)(C)C. The minimum atomic E-state index is -0.430. The second kappa shape index (κ2) is 7.09. The molecule has 4 heteroatoms. The van der Waals surface area contributed by atoms with Gasteiger partial charge in [-0.2, -0.15) is 0 Å². The molecule has 0 heterocycles. The van der Waals surface area contributed by atoms with E-state index in [1.54, 1.807) is 0 Å². The van der Waals surface area contributed by atoms with Crippen LogP contribution in [0.5, 0.6) is 0 Å². The highest BCUT2D eigenvalue weighted by Crippen LogP contribution is 2.11. The molecule has 0 aliphatic carbocycles. The molecule has 0 aromatic carbocycles. The number of halogens is 1. The molecular formula is C11H22BrNO2. The van der Waals surface area contributed by atoms with Crippen LogP contribution in [0.4, 0.5) is 4.79 Å². The summed E-state index contributed by atoms with van der Waals surface area (Å²) in [4.78, 5) is 11.4. The Morgan fingerprint density at radius 2 is 2.00 bits per heavy atom. The molecule has 0 rings (SSSR count). The Morgan fingerprint density at radius 1 is 1.40 bits per heavy atom. The lowest BCUT2D eigenvalue weighted by molar-refractivity contribution is 0.0521. The van der Waals surface area contributed by atoms with Gasteiger partial charge in [0.15, 0.2) is 0 Å². The Hall–Kier alpha value is -0.250. The van der Waals surface area contributed by atoms with E-state index in [1.165, 1.54) is 12.8 Å². The van der Waals surface area contributed by atoms with Crippen LogP contribution in [0.3, 0.4) is 0 Å². The number of hydrogen-bond acceptors (Lipinski definition) is 2. The molecule has 1 atom stereocenters. The van der Waals surface area contributed by atoms with E-state index in [9.17, 15) is 4.79 Å². The molecule has 0 fully saturated rings. The summed E-state index contributed by atoms with van der Waals surface area (Å²) in [6, 6.07) is 0. The first-order valence-electron chi connectivity index (χ1n) is 5.48. The smallest absolute Gasteiger partial charge is 0.408 e. The van der Waals surface area contributed by atoms with Gasteiger partial charge < -0.3 is 10.1 Å². The Kier molecular flexibility index (Phi) is 6.98. The summed E-state index contributed by atoms with van der Waals surface area (Å²) in [6.45, 7) is 7.72. The van der Waals surface area contributed by atoms with E-state index < -0.39 is 5.60 Å². The maximum absolute atomic E-state index is 11.3. The molecule has 0 radical (unpaired) electrons. The van der Waals surface area contributed by atoms with Gasteiger partial charge in [-0.15, -0.1) is 0 Å². The van der Waals surface area contributed by atoms with Crippen LogP contribution in [0, 0.1) is 0 Å². The van der Waals surface area contributed by atoms with Gasteiger partial charge in [0.05, 0.1) is 4.95 Å². The van der Waals surface area contributed by atoms with Crippen molar-refractivity contribution < 1.29 is 9.53 Å². The summed E-state index contributed by atoms with van der Waals surface area (Å²) in [5, 5.41) is 2.75. The molecule has 15 heavy (non-hydrogen) atoms. The zero-order valence-electron chi connectivity index (χ0n) is 10.1. The molecule has 0 aromatic heterocycles. The summed E-state index contributed by atoms with van der Waals surface area (Å²) < 4.78 is 5.13. The van der Waals surface area contributed by atoms with Gasteiger partial charge in [-0.05, 0) is 27.2 Å². The lowest BCUT2D eigenvalue weighted by Crippen LogP contribution is -2.36. The van der Waals surface area contributed by atoms with Crippen LogP contribution in [0.2, 0.25) is 0 Å². The number of carbonyl (C=O) groups is 1. The lowest BCUT2D eigenvalue weighted by Gasteiger charge is -2.21. The van der Waals surface area contributed by atoms with Crippen LogP contribution in [-0.2, 0) is 4.74 Å². The van der Waals surface area contributed by atoms with E-state index in [-0.39, 0.29) is 11.0 Å². The summed E-state index contributed by atoms with van der Waals surface area (Å²) >= 11 is 3.40. The maximum atomic E-state index is 11.3. The minimum absolute atomic E-state index is 0.0129. The van der Waals surface area contributed by atoms with Crippen molar-refractivity contribution in [1.82, 2.24) is 5.32 Å². The number of alkyl carbamates (subject to hydrolysis) is 1. The molecule has 0 aromatic rings. The van der Waals surface area contributed by atoms with Crippen LogP contribution in [0.1, 0.15) is 53.4 Å². The fourth-order valence-electron chi connectivity index (χ4n) is 1.08. The van der Waals surface area contributed by atoms with E-state index in [4.69, 9.17) is 4.74 Å². The Balaban J connectivity index is 3.67. The van der Waals surface area contributed by atoms with E-state index in [1.807, 2.05) is 20.8 Å². The van der Waals surface area contributed by atoms with Crippen molar-refractivity contribution in [2.24, 2.45) is 0 Å². The predicted octanol–water partition coefficient (Wildman–Crippen LogP) is 3.81. The maximum Gasteiger partial charge on any atom is 0.408 e. The molecule has 1 amide bonds. The van der Waals surface area contributed by atoms with Crippen LogP contribution >= 0.6 is 15.9 Å². The molecule has 0 saturated heterocycles. The van der Waals surface area contributed by atoms with Gasteiger partial charge in [-0.25, -0.2) is 4.79 Å². The zero-order valence-corrected chi connectivity index (χ0v) is 11.7. The lowest BCUT2D eigenvalue weighted by atomic mass is 10.2. The van der Waals surface area contributed by atoms with Gasteiger partial charge in [0.25, 0.3) is 0 Å². The first-order chi connectivity index (χ1) is 6.85. The van der Waals surface area contributed by atoms with Crippen LogP contribution < -0.4 is 5.32 Å². The second-order valence-corrected chi connectivity index (χ2v) is 5.71. The summed E-state index contributed by atoms with van der Waals surface area (Å²) in [6.07, 6.45) is 4.07. The van der Waals surface area contributed by atoms with Gasteiger partial charge >= 0.3 is 6.09 Å². The fraction of sp³-hybridized carbons (Fsp3) is 0.909. The summed E-state index contributed by atoms with van der Waals surface area (Å²) in [7, 11) is 0. The molecule has 0 saturated carbocycles. The number of carbonyl (C=O) groups excluding carboxylic acids is 1. The number of unbranched alkanes of at least 4 members (excludes halogenated alkanes) is 2. The average Bonchev–Trinajstić information content (AvgIpc) is 2.00. The van der Waals surface area contributed by atoms with E-state index >= 15 is 0 Å². The molecule has 90 valence electrons. The highest BCUT2D eigenvalue weighted by molar-refractivity contribution is 9.09. The third-order valence-electron chi connectivity index (χ3n) is 1.73. The highest BCUT2D eigenvalue weighted by atomic mass is 79.9. The Morgan fingerprint density at radius 3 is 2.47 bits per heavy atom. The fourth-order valence-corrected chi connectivity index (χ4v) is 1.59. The normalized spacial score (nSPS) is 13.4. The second-order valence-electron chi connectivity index (χ2n) is 4.61. The van der Waals surface area contributed by atoms with Gasteiger partial charge in [0.2, 0.25) is 0 Å². The standard InChI is InChI=1S/C11H22BrNO2/c1-5-6-7-8-9(12)13-10(14)15-11(2,3)4/h9H,5-8H2,1-4H3,(H,13,14). The number of alkyl halides is 1. The van der Waals surface area contributed by atoms with E-state index in [0.717, 1.165) is 12.8 Å². The van der Waals surface area contributed by atoms with Crippen molar-refractivity contribution in [2.45, 2.75) is 63.9 Å². The van der Waals surface area contributed by atoms with Crippen LogP contribution in [-0.4, -0.2) is 16.6 Å². The highest BCUT2D eigenvalue weighted by Gasteiger charge is 2.17. The summed E-state index contributed by atoms with van der Waals surface area (Å²) in [5.41, 5.74) is -0.430. The number of amides is 1. The topological polar surface area (TPSA) is 38.3 Å². The molecular weight excluding hydrogens is 258 g/mol. The van der Waals surface area contributed by atoms with Crippen LogP contribution in [0.15, 0.2) is 0 Å². The van der Waals surface area contributed by atoms with Crippen molar-refractivity contribution in [3.05, 3.63) is 0 Å². The van der Waals surface area contributed by atoms with Crippen molar-refractivity contribution in [3.8, 4) is 0 Å². The number of ether oxygens (including phenoxy) is 1. The third-order valence-corrected chi connectivity index (χ3v) is 2.42. The van der Waals surface area contributed by atoms with Gasteiger partial charge in [-0.3, -0.25) is 0 Å². The summed E-state index contributed by atoms with van der Waals surface area (Å²) in [5.74, 6) is 0. The molecule has 1 N–H and O–H groups in total. The van der Waals surface area contributed by atoms with Crippen molar-refractivity contribution in [1.29, 1.82) is 0 Å². The average molecular weight is 280 g/mol. The number of nitrogens with one attached hydrogen (secondary N) is 1. The first-order valence-corrected chi connectivity index (χ1v) is 6.40. The van der Waals surface area contributed by atoms with E-state index in [2.05, 4.69) is 28.2 Å². The molecule has 3 nitrogen and oxygen atoms in total.